The Bertz CT molecular complexity index is 122. The number of ether oxygens (including phenoxy) is 1. The van der Waals surface area contributed by atoms with Crippen LogP contribution in [0.3, 0.4) is 0 Å². The summed E-state index contributed by atoms with van der Waals surface area (Å²) in [5, 5.41) is 0. The molecule has 3 heteroatoms. The molecule has 1 rings (SSSR count). The van der Waals surface area contributed by atoms with Crippen molar-refractivity contribution in [3.63, 3.8) is 0 Å². The zero-order valence-corrected chi connectivity index (χ0v) is 8.67. The molecule has 1 fully saturated rings. The van der Waals surface area contributed by atoms with E-state index in [1.807, 2.05) is 0 Å². The second-order valence-corrected chi connectivity index (χ2v) is 3.76. The second kappa shape index (κ2) is 6.35. The standard InChI is InChI=1S/C10H22N2O/c1-2-10(11)4-6-12-5-3-8-13-9-7-12/h10H,2-9,11H2,1H3. The van der Waals surface area contributed by atoms with Gasteiger partial charge in [0.2, 0.25) is 0 Å². The molecule has 2 N–H and O–H groups in total. The van der Waals surface area contributed by atoms with Crippen molar-refractivity contribution in [2.24, 2.45) is 5.73 Å². The van der Waals surface area contributed by atoms with Crippen LogP contribution in [0, 0.1) is 0 Å². The van der Waals surface area contributed by atoms with E-state index in [1.165, 1.54) is 13.0 Å². The highest BCUT2D eigenvalue weighted by Gasteiger charge is 2.09. The monoisotopic (exact) mass is 186 g/mol. The van der Waals surface area contributed by atoms with Crippen molar-refractivity contribution in [2.45, 2.75) is 32.2 Å². The molecule has 1 heterocycles. The molecule has 0 spiro atoms. The first-order valence-corrected chi connectivity index (χ1v) is 5.38. The first-order chi connectivity index (χ1) is 6.33. The molecule has 0 aromatic rings. The van der Waals surface area contributed by atoms with E-state index >= 15 is 0 Å². The third-order valence-corrected chi connectivity index (χ3v) is 2.66. The fraction of sp³-hybridized carbons (Fsp3) is 1.00. The van der Waals surface area contributed by atoms with Gasteiger partial charge in [-0.2, -0.15) is 0 Å². The molecule has 3 nitrogen and oxygen atoms in total. The van der Waals surface area contributed by atoms with Gasteiger partial charge < -0.3 is 15.4 Å². The molecule has 13 heavy (non-hydrogen) atoms. The third kappa shape index (κ3) is 4.60. The molecule has 1 atom stereocenters. The normalized spacial score (nSPS) is 22.6. The van der Waals surface area contributed by atoms with Gasteiger partial charge in [-0.05, 0) is 25.8 Å². The Morgan fingerprint density at radius 1 is 1.38 bits per heavy atom. The summed E-state index contributed by atoms with van der Waals surface area (Å²) in [6.07, 6.45) is 3.38. The van der Waals surface area contributed by atoms with Crippen molar-refractivity contribution in [3.8, 4) is 0 Å². The van der Waals surface area contributed by atoms with Crippen LogP contribution in [0.1, 0.15) is 26.2 Å². The number of rotatable bonds is 4. The molecule has 0 aromatic heterocycles. The van der Waals surface area contributed by atoms with E-state index < -0.39 is 0 Å². The minimum atomic E-state index is 0.379. The highest BCUT2D eigenvalue weighted by molar-refractivity contribution is 4.65. The smallest absolute Gasteiger partial charge is 0.0593 e. The lowest BCUT2D eigenvalue weighted by molar-refractivity contribution is 0.141. The molecular weight excluding hydrogens is 164 g/mol. The first-order valence-electron chi connectivity index (χ1n) is 5.38. The van der Waals surface area contributed by atoms with Gasteiger partial charge in [0.25, 0.3) is 0 Å². The van der Waals surface area contributed by atoms with Crippen LogP contribution in [0.15, 0.2) is 0 Å². The number of nitrogens with two attached hydrogens (primary N) is 1. The van der Waals surface area contributed by atoms with Crippen LogP contribution >= 0.6 is 0 Å². The van der Waals surface area contributed by atoms with Crippen molar-refractivity contribution in [1.29, 1.82) is 0 Å². The number of hydrogen-bond donors (Lipinski definition) is 1. The lowest BCUT2D eigenvalue weighted by Gasteiger charge is -2.20. The summed E-state index contributed by atoms with van der Waals surface area (Å²) >= 11 is 0. The van der Waals surface area contributed by atoms with Crippen molar-refractivity contribution >= 4 is 0 Å². The molecule has 0 saturated carbocycles. The highest BCUT2D eigenvalue weighted by atomic mass is 16.5. The zero-order valence-electron chi connectivity index (χ0n) is 8.67. The summed E-state index contributed by atoms with van der Waals surface area (Å²) in [4.78, 5) is 2.46. The Morgan fingerprint density at radius 2 is 2.23 bits per heavy atom. The van der Waals surface area contributed by atoms with Crippen molar-refractivity contribution in [3.05, 3.63) is 0 Å². The summed E-state index contributed by atoms with van der Waals surface area (Å²) in [7, 11) is 0. The van der Waals surface area contributed by atoms with E-state index in [1.54, 1.807) is 0 Å². The highest BCUT2D eigenvalue weighted by Crippen LogP contribution is 2.02. The quantitative estimate of drug-likeness (QED) is 0.707. The average Bonchev–Trinajstić information content (AvgIpc) is 2.42. The predicted molar refractivity (Wildman–Crippen MR) is 54.8 cm³/mol. The molecule has 1 saturated heterocycles. The van der Waals surface area contributed by atoms with Crippen LogP contribution in [-0.2, 0) is 4.74 Å². The van der Waals surface area contributed by atoms with Crippen LogP contribution < -0.4 is 5.73 Å². The maximum absolute atomic E-state index is 5.87. The predicted octanol–water partition coefficient (Wildman–Crippen LogP) is 0.836. The molecule has 0 radical (unpaired) electrons. The van der Waals surface area contributed by atoms with Crippen LogP contribution in [0.4, 0.5) is 0 Å². The summed E-state index contributed by atoms with van der Waals surface area (Å²) in [5.41, 5.74) is 5.87. The summed E-state index contributed by atoms with van der Waals surface area (Å²) in [5.74, 6) is 0. The van der Waals surface area contributed by atoms with E-state index in [9.17, 15) is 0 Å². The Balaban J connectivity index is 2.11. The Hall–Kier alpha value is -0.120. The van der Waals surface area contributed by atoms with E-state index in [2.05, 4.69) is 11.8 Å². The summed E-state index contributed by atoms with van der Waals surface area (Å²) < 4.78 is 5.38. The minimum Gasteiger partial charge on any atom is -0.380 e. The molecule has 1 unspecified atom stereocenters. The maximum Gasteiger partial charge on any atom is 0.0593 e. The summed E-state index contributed by atoms with van der Waals surface area (Å²) in [6, 6.07) is 0.379. The Kier molecular flexibility index (Phi) is 5.35. The van der Waals surface area contributed by atoms with Gasteiger partial charge in [-0.3, -0.25) is 0 Å². The van der Waals surface area contributed by atoms with Gasteiger partial charge in [-0.15, -0.1) is 0 Å². The van der Waals surface area contributed by atoms with E-state index in [-0.39, 0.29) is 0 Å². The topological polar surface area (TPSA) is 38.5 Å². The minimum absolute atomic E-state index is 0.379. The number of hydrogen-bond acceptors (Lipinski definition) is 3. The molecule has 0 bridgehead atoms. The SMILES string of the molecule is CCC(N)CCN1CCCOCC1. The maximum atomic E-state index is 5.87. The van der Waals surface area contributed by atoms with Crippen molar-refractivity contribution in [2.75, 3.05) is 32.8 Å². The lowest BCUT2D eigenvalue weighted by atomic mass is 10.1. The van der Waals surface area contributed by atoms with Crippen LogP contribution in [0.5, 0.6) is 0 Å². The molecule has 0 aromatic carbocycles. The van der Waals surface area contributed by atoms with Gasteiger partial charge in [0, 0.05) is 25.7 Å². The van der Waals surface area contributed by atoms with Gasteiger partial charge in [0.05, 0.1) is 6.61 Å². The molecular formula is C10H22N2O. The number of nitrogens with zero attached hydrogens (tertiary/aromatic N) is 1. The van der Waals surface area contributed by atoms with Crippen LogP contribution in [0.25, 0.3) is 0 Å². The average molecular weight is 186 g/mol. The fourth-order valence-electron chi connectivity index (χ4n) is 1.57. The van der Waals surface area contributed by atoms with Crippen LogP contribution in [-0.4, -0.2) is 43.8 Å². The van der Waals surface area contributed by atoms with Gasteiger partial charge >= 0.3 is 0 Å². The van der Waals surface area contributed by atoms with E-state index in [0.717, 1.165) is 39.1 Å². The lowest BCUT2D eigenvalue weighted by Crippen LogP contribution is -2.32. The van der Waals surface area contributed by atoms with E-state index in [0.29, 0.717) is 6.04 Å². The molecule has 0 aliphatic carbocycles. The van der Waals surface area contributed by atoms with Gasteiger partial charge in [0.15, 0.2) is 0 Å². The Morgan fingerprint density at radius 3 is 3.00 bits per heavy atom. The molecule has 78 valence electrons. The third-order valence-electron chi connectivity index (χ3n) is 2.66. The van der Waals surface area contributed by atoms with Crippen molar-refractivity contribution < 1.29 is 4.74 Å². The second-order valence-electron chi connectivity index (χ2n) is 3.76. The molecule has 1 aliphatic heterocycles. The van der Waals surface area contributed by atoms with Gasteiger partial charge in [0.1, 0.15) is 0 Å². The summed E-state index contributed by atoms with van der Waals surface area (Å²) in [6.45, 7) is 7.36. The van der Waals surface area contributed by atoms with Gasteiger partial charge in [-0.25, -0.2) is 0 Å². The first kappa shape index (κ1) is 11.0. The Labute approximate surface area is 81.2 Å². The zero-order chi connectivity index (χ0) is 9.52. The van der Waals surface area contributed by atoms with Crippen molar-refractivity contribution in [1.82, 2.24) is 4.90 Å². The van der Waals surface area contributed by atoms with Gasteiger partial charge in [-0.1, -0.05) is 6.92 Å². The largest absolute Gasteiger partial charge is 0.380 e. The van der Waals surface area contributed by atoms with E-state index in [4.69, 9.17) is 10.5 Å². The van der Waals surface area contributed by atoms with Crippen LogP contribution in [0.2, 0.25) is 0 Å². The fourth-order valence-corrected chi connectivity index (χ4v) is 1.57. The molecule has 0 amide bonds. The molecule has 1 aliphatic rings.